The summed E-state index contributed by atoms with van der Waals surface area (Å²) in [5.41, 5.74) is 0.926. The van der Waals surface area contributed by atoms with Crippen molar-refractivity contribution < 1.29 is 9.84 Å². The van der Waals surface area contributed by atoms with Crippen LogP contribution in [-0.4, -0.2) is 24.7 Å². The van der Waals surface area contributed by atoms with Crippen LogP contribution in [0.2, 0.25) is 0 Å². The number of thiophene rings is 1. The Morgan fingerprint density at radius 3 is 2.52 bits per heavy atom. The molecule has 0 atom stereocenters. The van der Waals surface area contributed by atoms with Gasteiger partial charge in [0.1, 0.15) is 0 Å². The number of aryl methyl sites for hydroxylation is 1. The number of aliphatic imine (C=N–C) groups is 1. The Hall–Kier alpha value is -1.48. The lowest BCUT2D eigenvalue weighted by Crippen LogP contribution is -2.36. The van der Waals surface area contributed by atoms with Gasteiger partial charge in [-0.05, 0) is 43.2 Å². The second-order valence-corrected chi connectivity index (χ2v) is 6.53. The van der Waals surface area contributed by atoms with Crippen molar-refractivity contribution in [1.82, 2.24) is 10.6 Å². The van der Waals surface area contributed by atoms with Crippen molar-refractivity contribution >= 4 is 41.3 Å². The Kier molecular flexibility index (Phi) is 9.66. The summed E-state index contributed by atoms with van der Waals surface area (Å²) in [5.74, 6) is 1.37. The van der Waals surface area contributed by atoms with Gasteiger partial charge in [0.05, 0.1) is 20.2 Å². The third kappa shape index (κ3) is 6.74. The number of methoxy groups -OCH3 is 1. The minimum atomic E-state index is 0. The summed E-state index contributed by atoms with van der Waals surface area (Å²) >= 11 is 1.82. The van der Waals surface area contributed by atoms with Crippen LogP contribution >= 0.6 is 35.3 Å². The monoisotopic (exact) mass is 475 g/mol. The van der Waals surface area contributed by atoms with Crippen LogP contribution in [0.5, 0.6) is 11.5 Å². The molecule has 0 aliphatic heterocycles. The van der Waals surface area contributed by atoms with Crippen LogP contribution in [0.15, 0.2) is 35.3 Å². The number of rotatable bonds is 7. The highest BCUT2D eigenvalue weighted by Gasteiger charge is 2.04. The maximum atomic E-state index is 9.83. The summed E-state index contributed by atoms with van der Waals surface area (Å²) in [6.45, 7) is 6.24. The molecule has 0 aliphatic rings. The molecular formula is C18H26IN3O2S. The zero-order chi connectivity index (χ0) is 17.4. The first kappa shape index (κ1) is 21.6. The fourth-order valence-electron chi connectivity index (χ4n) is 2.22. The number of aromatic hydroxyl groups is 1. The summed E-state index contributed by atoms with van der Waals surface area (Å²) in [6, 6.07) is 9.66. The highest BCUT2D eigenvalue weighted by Crippen LogP contribution is 2.26. The molecule has 7 heteroatoms. The first-order valence-electron chi connectivity index (χ1n) is 8.11. The Bertz CT molecular complexity index is 689. The van der Waals surface area contributed by atoms with Gasteiger partial charge in [0.2, 0.25) is 0 Å². The van der Waals surface area contributed by atoms with Gasteiger partial charge in [0, 0.05) is 16.3 Å². The van der Waals surface area contributed by atoms with Gasteiger partial charge in [0.15, 0.2) is 17.5 Å². The maximum absolute atomic E-state index is 9.83. The minimum absolute atomic E-state index is 0. The Morgan fingerprint density at radius 2 is 1.92 bits per heavy atom. The second kappa shape index (κ2) is 11.2. The van der Waals surface area contributed by atoms with E-state index in [0.29, 0.717) is 12.3 Å². The molecule has 5 nitrogen and oxygen atoms in total. The number of phenolic OH excluding ortho intramolecular Hbond substituents is 1. The molecule has 0 saturated heterocycles. The first-order valence-corrected chi connectivity index (χ1v) is 8.93. The number of nitrogens with one attached hydrogen (secondary N) is 2. The summed E-state index contributed by atoms with van der Waals surface area (Å²) in [7, 11) is 1.54. The van der Waals surface area contributed by atoms with E-state index in [1.165, 1.54) is 16.9 Å². The van der Waals surface area contributed by atoms with E-state index in [0.717, 1.165) is 31.0 Å². The van der Waals surface area contributed by atoms with Crippen LogP contribution in [0.1, 0.15) is 29.2 Å². The van der Waals surface area contributed by atoms with E-state index in [1.807, 2.05) is 24.3 Å². The van der Waals surface area contributed by atoms with E-state index < -0.39 is 0 Å². The van der Waals surface area contributed by atoms with Gasteiger partial charge >= 0.3 is 0 Å². The van der Waals surface area contributed by atoms with Gasteiger partial charge in [-0.1, -0.05) is 13.0 Å². The van der Waals surface area contributed by atoms with Crippen molar-refractivity contribution in [3.63, 3.8) is 0 Å². The van der Waals surface area contributed by atoms with Crippen LogP contribution < -0.4 is 15.4 Å². The summed E-state index contributed by atoms with van der Waals surface area (Å²) in [5, 5.41) is 16.4. The lowest BCUT2D eigenvalue weighted by molar-refractivity contribution is 0.373. The van der Waals surface area contributed by atoms with Crippen LogP contribution in [-0.2, 0) is 19.5 Å². The molecule has 1 aromatic carbocycles. The average molecular weight is 475 g/mol. The van der Waals surface area contributed by atoms with Gasteiger partial charge in [0.25, 0.3) is 0 Å². The molecule has 1 aromatic heterocycles. The fourth-order valence-corrected chi connectivity index (χ4v) is 3.12. The fraction of sp³-hybridized carbons (Fsp3) is 0.389. The number of ether oxygens (including phenoxy) is 1. The number of halogens is 1. The third-order valence-corrected chi connectivity index (χ3v) is 4.73. The van der Waals surface area contributed by atoms with Crippen LogP contribution in [0.4, 0.5) is 0 Å². The normalized spacial score (nSPS) is 10.9. The number of nitrogens with zero attached hydrogens (tertiary/aromatic N) is 1. The molecule has 0 saturated carbocycles. The standard InChI is InChI=1S/C18H25N3O2S.HI/c1-4-14-7-8-15(24-14)12-21-18(19-5-2)20-11-13-6-9-17(23-3)16(22)10-13;/h6-10,22H,4-5,11-12H2,1-3H3,(H2,19,20,21);1H. The lowest BCUT2D eigenvalue weighted by atomic mass is 10.2. The van der Waals surface area contributed by atoms with E-state index in [4.69, 9.17) is 4.74 Å². The van der Waals surface area contributed by atoms with E-state index in [1.54, 1.807) is 12.1 Å². The molecule has 0 bridgehead atoms. The van der Waals surface area contributed by atoms with Crippen molar-refractivity contribution in [1.29, 1.82) is 0 Å². The van der Waals surface area contributed by atoms with Crippen molar-refractivity contribution in [2.45, 2.75) is 33.4 Å². The van der Waals surface area contributed by atoms with E-state index in [2.05, 4.69) is 34.7 Å². The van der Waals surface area contributed by atoms with Gasteiger partial charge in [-0.15, -0.1) is 35.3 Å². The molecule has 2 rings (SSSR count). The SMILES string of the molecule is CCNC(=NCc1ccc(OC)c(O)c1)NCc1ccc(CC)s1.I. The molecular weight excluding hydrogens is 449 g/mol. The Balaban J connectivity index is 0.00000312. The molecule has 138 valence electrons. The average Bonchev–Trinajstić information content (AvgIpc) is 3.05. The van der Waals surface area contributed by atoms with Gasteiger partial charge in [-0.2, -0.15) is 0 Å². The third-order valence-electron chi connectivity index (χ3n) is 3.50. The predicted molar refractivity (Wildman–Crippen MR) is 115 cm³/mol. The molecule has 3 N–H and O–H groups in total. The van der Waals surface area contributed by atoms with E-state index in [9.17, 15) is 5.11 Å². The van der Waals surface area contributed by atoms with Crippen molar-refractivity contribution in [3.05, 3.63) is 45.6 Å². The van der Waals surface area contributed by atoms with Crippen LogP contribution in [0.25, 0.3) is 0 Å². The van der Waals surface area contributed by atoms with Crippen molar-refractivity contribution in [3.8, 4) is 11.5 Å². The Labute approximate surface area is 170 Å². The zero-order valence-corrected chi connectivity index (χ0v) is 18.0. The van der Waals surface area contributed by atoms with E-state index >= 15 is 0 Å². The molecule has 0 spiro atoms. The maximum Gasteiger partial charge on any atom is 0.191 e. The molecule has 0 aliphatic carbocycles. The predicted octanol–water partition coefficient (Wildman–Crippen LogP) is 3.90. The summed E-state index contributed by atoms with van der Waals surface area (Å²) < 4.78 is 5.05. The molecule has 0 fully saturated rings. The first-order chi connectivity index (χ1) is 11.7. The molecule has 25 heavy (non-hydrogen) atoms. The van der Waals surface area contributed by atoms with Crippen molar-refractivity contribution in [2.24, 2.45) is 4.99 Å². The summed E-state index contributed by atoms with van der Waals surface area (Å²) in [6.07, 6.45) is 1.07. The second-order valence-electron chi connectivity index (χ2n) is 5.28. The van der Waals surface area contributed by atoms with Gasteiger partial charge in [-0.25, -0.2) is 4.99 Å². The lowest BCUT2D eigenvalue weighted by Gasteiger charge is -2.11. The molecule has 0 radical (unpaired) electrons. The van der Waals surface area contributed by atoms with E-state index in [-0.39, 0.29) is 29.7 Å². The molecule has 2 aromatic rings. The smallest absolute Gasteiger partial charge is 0.191 e. The summed E-state index contributed by atoms with van der Waals surface area (Å²) in [4.78, 5) is 7.25. The number of phenols is 1. The van der Waals surface area contributed by atoms with Gasteiger partial charge < -0.3 is 20.5 Å². The number of guanidine groups is 1. The molecule has 0 amide bonds. The van der Waals surface area contributed by atoms with Crippen LogP contribution in [0, 0.1) is 0 Å². The number of benzene rings is 1. The topological polar surface area (TPSA) is 65.9 Å². The van der Waals surface area contributed by atoms with Gasteiger partial charge in [-0.3, -0.25) is 0 Å². The molecule has 1 heterocycles. The Morgan fingerprint density at radius 1 is 1.16 bits per heavy atom. The highest BCUT2D eigenvalue weighted by molar-refractivity contribution is 14.0. The number of hydrogen-bond donors (Lipinski definition) is 3. The minimum Gasteiger partial charge on any atom is -0.504 e. The molecule has 0 unspecified atom stereocenters. The zero-order valence-electron chi connectivity index (χ0n) is 14.8. The number of hydrogen-bond acceptors (Lipinski definition) is 4. The quantitative estimate of drug-likeness (QED) is 0.323. The largest absolute Gasteiger partial charge is 0.504 e. The van der Waals surface area contributed by atoms with Crippen LogP contribution in [0.3, 0.4) is 0 Å². The van der Waals surface area contributed by atoms with Crippen molar-refractivity contribution in [2.75, 3.05) is 13.7 Å². The highest BCUT2D eigenvalue weighted by atomic mass is 127.